The lowest BCUT2D eigenvalue weighted by Crippen LogP contribution is -2.54. The molecule has 0 radical (unpaired) electrons. The molecule has 0 spiro atoms. The zero-order chi connectivity index (χ0) is 11.9. The van der Waals surface area contributed by atoms with Crippen molar-refractivity contribution in [2.45, 2.75) is 52.1 Å². The maximum absolute atomic E-state index is 11.1. The van der Waals surface area contributed by atoms with Gasteiger partial charge in [-0.3, -0.25) is 10.1 Å². The molecule has 90 valence electrons. The lowest BCUT2D eigenvalue weighted by atomic mass is 9.95. The minimum atomic E-state index is -0.842. The zero-order valence-corrected chi connectivity index (χ0v) is 10.2. The van der Waals surface area contributed by atoms with Gasteiger partial charge in [0.25, 0.3) is 0 Å². The lowest BCUT2D eigenvalue weighted by molar-refractivity contribution is -0.145. The first kappa shape index (κ1) is 14.4. The van der Waals surface area contributed by atoms with E-state index in [4.69, 9.17) is 9.84 Å². The number of carbonyl (C=O) groups is 1. The van der Waals surface area contributed by atoms with Gasteiger partial charge in [0.05, 0.1) is 6.61 Å². The van der Waals surface area contributed by atoms with Crippen molar-refractivity contribution in [3.05, 3.63) is 0 Å². The van der Waals surface area contributed by atoms with Gasteiger partial charge in [0, 0.05) is 12.6 Å². The van der Waals surface area contributed by atoms with E-state index >= 15 is 0 Å². The molecule has 2 N–H and O–H groups in total. The largest absolute Gasteiger partial charge is 0.480 e. The molecular weight excluding hydrogens is 194 g/mol. The molecule has 0 fully saturated rings. The van der Waals surface area contributed by atoms with Crippen molar-refractivity contribution in [1.29, 1.82) is 0 Å². The third kappa shape index (κ3) is 5.14. The van der Waals surface area contributed by atoms with Crippen LogP contribution in [0, 0.1) is 0 Å². The molecule has 4 nitrogen and oxygen atoms in total. The van der Waals surface area contributed by atoms with Crippen LogP contribution < -0.4 is 5.32 Å². The first-order valence-electron chi connectivity index (χ1n) is 5.55. The van der Waals surface area contributed by atoms with Crippen LogP contribution >= 0.6 is 0 Å². The molecule has 0 heterocycles. The standard InChI is InChI=1S/C11H23NO3/c1-5-7-11(4,10(13)14)12-9(3)8-15-6-2/h9,12H,5-8H2,1-4H3,(H,13,14). The van der Waals surface area contributed by atoms with Gasteiger partial charge in [-0.25, -0.2) is 0 Å². The monoisotopic (exact) mass is 217 g/mol. The fourth-order valence-corrected chi connectivity index (χ4v) is 1.62. The maximum atomic E-state index is 11.1. The van der Waals surface area contributed by atoms with Crippen LogP contribution in [-0.4, -0.2) is 35.9 Å². The van der Waals surface area contributed by atoms with Crippen LogP contribution in [0.4, 0.5) is 0 Å². The normalized spacial score (nSPS) is 17.1. The molecule has 0 aliphatic carbocycles. The molecule has 4 heteroatoms. The van der Waals surface area contributed by atoms with Crippen LogP contribution in [0.25, 0.3) is 0 Å². The number of rotatable bonds is 8. The second kappa shape index (κ2) is 6.80. The second-order valence-electron chi connectivity index (χ2n) is 4.09. The summed E-state index contributed by atoms with van der Waals surface area (Å²) in [5.41, 5.74) is -0.842. The molecule has 0 aliphatic rings. The molecule has 0 bridgehead atoms. The molecule has 0 aromatic carbocycles. The molecule has 0 saturated carbocycles. The minimum absolute atomic E-state index is 0.0533. The third-order valence-corrected chi connectivity index (χ3v) is 2.36. The van der Waals surface area contributed by atoms with Gasteiger partial charge in [-0.05, 0) is 27.2 Å². The summed E-state index contributed by atoms with van der Waals surface area (Å²) in [7, 11) is 0. The van der Waals surface area contributed by atoms with Crippen molar-refractivity contribution < 1.29 is 14.6 Å². The SMILES string of the molecule is CCCC(C)(NC(C)COCC)C(=O)O. The summed E-state index contributed by atoms with van der Waals surface area (Å²) in [6, 6.07) is 0.0533. The van der Waals surface area contributed by atoms with Crippen LogP contribution in [0.3, 0.4) is 0 Å². The van der Waals surface area contributed by atoms with Gasteiger partial charge in [-0.15, -0.1) is 0 Å². The second-order valence-corrected chi connectivity index (χ2v) is 4.09. The fraction of sp³-hybridized carbons (Fsp3) is 0.909. The molecule has 0 aromatic rings. The summed E-state index contributed by atoms with van der Waals surface area (Å²) >= 11 is 0. The smallest absolute Gasteiger partial charge is 0.323 e. The maximum Gasteiger partial charge on any atom is 0.323 e. The molecule has 0 saturated heterocycles. The van der Waals surface area contributed by atoms with E-state index in [-0.39, 0.29) is 6.04 Å². The van der Waals surface area contributed by atoms with Crippen molar-refractivity contribution in [1.82, 2.24) is 5.32 Å². The molecule has 0 amide bonds. The predicted octanol–water partition coefficient (Wildman–Crippen LogP) is 1.64. The number of ether oxygens (including phenoxy) is 1. The van der Waals surface area contributed by atoms with E-state index in [1.54, 1.807) is 6.92 Å². The van der Waals surface area contributed by atoms with Crippen LogP contribution in [-0.2, 0) is 9.53 Å². The van der Waals surface area contributed by atoms with Gasteiger partial charge in [0.1, 0.15) is 5.54 Å². The Bertz CT molecular complexity index is 196. The lowest BCUT2D eigenvalue weighted by Gasteiger charge is -2.29. The van der Waals surface area contributed by atoms with Gasteiger partial charge in [0.2, 0.25) is 0 Å². The van der Waals surface area contributed by atoms with Crippen molar-refractivity contribution in [3.63, 3.8) is 0 Å². The number of carboxylic acids is 1. The van der Waals surface area contributed by atoms with Crippen molar-refractivity contribution in [3.8, 4) is 0 Å². The van der Waals surface area contributed by atoms with Gasteiger partial charge in [0.15, 0.2) is 0 Å². The molecule has 2 atom stereocenters. The summed E-state index contributed by atoms with van der Waals surface area (Å²) in [6.45, 7) is 8.77. The molecule has 2 unspecified atom stereocenters. The van der Waals surface area contributed by atoms with Crippen molar-refractivity contribution in [2.75, 3.05) is 13.2 Å². The van der Waals surface area contributed by atoms with Gasteiger partial charge >= 0.3 is 5.97 Å². The number of carboxylic acid groups (broad SMARTS) is 1. The Labute approximate surface area is 92.0 Å². The quantitative estimate of drug-likeness (QED) is 0.649. The van der Waals surface area contributed by atoms with E-state index in [1.165, 1.54) is 0 Å². The highest BCUT2D eigenvalue weighted by molar-refractivity contribution is 5.78. The Balaban J connectivity index is 4.21. The molecular formula is C11H23NO3. The van der Waals surface area contributed by atoms with Crippen LogP contribution in [0.1, 0.15) is 40.5 Å². The molecule has 0 aliphatic heterocycles. The number of nitrogens with one attached hydrogen (secondary N) is 1. The average molecular weight is 217 g/mol. The van der Waals surface area contributed by atoms with Gasteiger partial charge in [-0.1, -0.05) is 13.3 Å². The van der Waals surface area contributed by atoms with Crippen LogP contribution in [0.5, 0.6) is 0 Å². The third-order valence-electron chi connectivity index (χ3n) is 2.36. The highest BCUT2D eigenvalue weighted by Crippen LogP contribution is 2.13. The van der Waals surface area contributed by atoms with Crippen LogP contribution in [0.2, 0.25) is 0 Å². The Morgan fingerprint density at radius 3 is 2.53 bits per heavy atom. The van der Waals surface area contributed by atoms with E-state index in [0.29, 0.717) is 19.6 Å². The summed E-state index contributed by atoms with van der Waals surface area (Å²) in [4.78, 5) is 11.1. The fourth-order valence-electron chi connectivity index (χ4n) is 1.62. The van der Waals surface area contributed by atoms with Crippen molar-refractivity contribution >= 4 is 5.97 Å². The molecule has 0 rings (SSSR count). The summed E-state index contributed by atoms with van der Waals surface area (Å²) in [6.07, 6.45) is 1.47. The zero-order valence-electron chi connectivity index (χ0n) is 10.2. The summed E-state index contributed by atoms with van der Waals surface area (Å²) in [5.74, 6) is -0.798. The highest BCUT2D eigenvalue weighted by Gasteiger charge is 2.32. The summed E-state index contributed by atoms with van der Waals surface area (Å²) in [5, 5.41) is 12.2. The Hall–Kier alpha value is -0.610. The number of aliphatic carboxylic acids is 1. The first-order valence-corrected chi connectivity index (χ1v) is 5.55. The van der Waals surface area contributed by atoms with Crippen LogP contribution in [0.15, 0.2) is 0 Å². The predicted molar refractivity (Wildman–Crippen MR) is 60.0 cm³/mol. The average Bonchev–Trinajstić information content (AvgIpc) is 2.14. The molecule has 15 heavy (non-hydrogen) atoms. The number of hydrogen-bond donors (Lipinski definition) is 2. The van der Waals surface area contributed by atoms with E-state index in [9.17, 15) is 4.79 Å². The van der Waals surface area contributed by atoms with E-state index in [2.05, 4.69) is 5.32 Å². The minimum Gasteiger partial charge on any atom is -0.480 e. The highest BCUT2D eigenvalue weighted by atomic mass is 16.5. The van der Waals surface area contributed by atoms with Crippen molar-refractivity contribution in [2.24, 2.45) is 0 Å². The first-order chi connectivity index (χ1) is 6.96. The van der Waals surface area contributed by atoms with Gasteiger partial charge < -0.3 is 9.84 Å². The van der Waals surface area contributed by atoms with Gasteiger partial charge in [-0.2, -0.15) is 0 Å². The van der Waals surface area contributed by atoms with E-state index in [1.807, 2.05) is 20.8 Å². The Morgan fingerprint density at radius 2 is 2.13 bits per heavy atom. The van der Waals surface area contributed by atoms with E-state index in [0.717, 1.165) is 6.42 Å². The topological polar surface area (TPSA) is 58.6 Å². The molecule has 0 aromatic heterocycles. The number of hydrogen-bond acceptors (Lipinski definition) is 3. The summed E-state index contributed by atoms with van der Waals surface area (Å²) < 4.78 is 5.24. The van der Waals surface area contributed by atoms with E-state index < -0.39 is 11.5 Å². The Kier molecular flexibility index (Phi) is 6.52. The Morgan fingerprint density at radius 1 is 1.53 bits per heavy atom.